The van der Waals surface area contributed by atoms with Crippen LogP contribution < -0.4 is 10.6 Å². The van der Waals surface area contributed by atoms with Crippen LogP contribution in [0.25, 0.3) is 0 Å². The lowest BCUT2D eigenvalue weighted by Crippen LogP contribution is -2.49. The first-order chi connectivity index (χ1) is 26.1. The van der Waals surface area contributed by atoms with Crippen LogP contribution in [0.15, 0.2) is 0 Å². The van der Waals surface area contributed by atoms with Crippen molar-refractivity contribution in [3.05, 3.63) is 0 Å². The van der Waals surface area contributed by atoms with Crippen LogP contribution in [-0.2, 0) is 19.1 Å². The molecule has 0 aromatic heterocycles. The average molecular weight is 749 g/mol. The van der Waals surface area contributed by atoms with Gasteiger partial charge in [-0.05, 0) is 84.2 Å². The second-order valence-corrected chi connectivity index (χ2v) is 16.5. The quantitative estimate of drug-likeness (QED) is 0.0484. The minimum absolute atomic E-state index is 0.0724. The number of carbonyl (C=O) groups is 2. The number of hydrogen-bond donors (Lipinski definition) is 2. The standard InChI is InChI=1S/C45H88N4O4/c1-3-5-7-9-11-13-15-17-19-21-23-26-44(50)52-40-38-48(35-25-32-47-42-30-36-49(37-31-42)43-28-33-46-34-29-43)39-41-53-45(51)27-24-22-20-18-16-14-12-10-8-6-4-2/h42-43,46-47H,3-41H2,1-2H3. The largest absolute Gasteiger partial charge is 0.464 e. The number of rotatable bonds is 36. The van der Waals surface area contributed by atoms with Crippen LogP contribution in [-0.4, -0.2) is 99.4 Å². The Balaban J connectivity index is 1.58. The number of esters is 2. The second-order valence-electron chi connectivity index (χ2n) is 16.5. The highest BCUT2D eigenvalue weighted by Gasteiger charge is 2.25. The highest BCUT2D eigenvalue weighted by atomic mass is 16.5. The first-order valence-corrected chi connectivity index (χ1v) is 23.3. The summed E-state index contributed by atoms with van der Waals surface area (Å²) in [5, 5.41) is 7.32. The summed E-state index contributed by atoms with van der Waals surface area (Å²) in [5.41, 5.74) is 0. The molecule has 0 spiro atoms. The van der Waals surface area contributed by atoms with Gasteiger partial charge in [-0.15, -0.1) is 0 Å². The maximum atomic E-state index is 12.5. The molecule has 2 saturated heterocycles. The van der Waals surface area contributed by atoms with E-state index in [0.717, 1.165) is 64.3 Å². The Morgan fingerprint density at radius 3 is 1.42 bits per heavy atom. The maximum absolute atomic E-state index is 12.5. The summed E-state index contributed by atoms with van der Waals surface area (Å²) in [6.07, 6.45) is 35.3. The lowest BCUT2D eigenvalue weighted by atomic mass is 9.98. The molecule has 0 aromatic carbocycles. The highest BCUT2D eigenvalue weighted by Crippen LogP contribution is 2.19. The zero-order chi connectivity index (χ0) is 37.9. The number of nitrogens with zero attached hydrogens (tertiary/aromatic N) is 2. The molecule has 2 rings (SSSR count). The van der Waals surface area contributed by atoms with Crippen LogP contribution in [0.5, 0.6) is 0 Å². The Labute approximate surface area is 328 Å². The average Bonchev–Trinajstić information content (AvgIpc) is 3.18. The monoisotopic (exact) mass is 749 g/mol. The molecule has 0 unspecified atom stereocenters. The van der Waals surface area contributed by atoms with Crippen LogP contribution >= 0.6 is 0 Å². The molecule has 2 N–H and O–H groups in total. The van der Waals surface area contributed by atoms with Crippen molar-refractivity contribution in [3.8, 4) is 0 Å². The molecule has 0 bridgehead atoms. The fourth-order valence-electron chi connectivity index (χ4n) is 8.17. The number of hydrogen-bond acceptors (Lipinski definition) is 8. The molecule has 8 nitrogen and oxygen atoms in total. The van der Waals surface area contributed by atoms with Crippen LogP contribution in [0.1, 0.15) is 200 Å². The second kappa shape index (κ2) is 35.2. The molecule has 0 atom stereocenters. The van der Waals surface area contributed by atoms with Crippen molar-refractivity contribution in [1.82, 2.24) is 20.4 Å². The molecule has 2 fully saturated rings. The van der Waals surface area contributed by atoms with E-state index in [0.29, 0.717) is 45.2 Å². The fraction of sp³-hybridized carbons (Fsp3) is 0.956. The number of ether oxygens (including phenoxy) is 2. The van der Waals surface area contributed by atoms with Crippen LogP contribution in [0.4, 0.5) is 0 Å². The van der Waals surface area contributed by atoms with Crippen molar-refractivity contribution in [2.45, 2.75) is 212 Å². The predicted octanol–water partition coefficient (Wildman–Crippen LogP) is 9.97. The van der Waals surface area contributed by atoms with E-state index >= 15 is 0 Å². The van der Waals surface area contributed by atoms with E-state index in [1.807, 2.05) is 0 Å². The molecule has 8 heteroatoms. The molecule has 0 amide bonds. The van der Waals surface area contributed by atoms with Gasteiger partial charge in [0, 0.05) is 38.0 Å². The van der Waals surface area contributed by atoms with Gasteiger partial charge in [-0.3, -0.25) is 14.5 Å². The third-order valence-corrected chi connectivity index (χ3v) is 11.7. The molecule has 0 aliphatic carbocycles. The van der Waals surface area contributed by atoms with Crippen LogP contribution in [0, 0.1) is 0 Å². The summed E-state index contributed by atoms with van der Waals surface area (Å²) in [6, 6.07) is 1.38. The smallest absolute Gasteiger partial charge is 0.305 e. The minimum atomic E-state index is -0.0724. The van der Waals surface area contributed by atoms with Crippen molar-refractivity contribution >= 4 is 11.9 Å². The van der Waals surface area contributed by atoms with Gasteiger partial charge in [0.2, 0.25) is 0 Å². The zero-order valence-electron chi connectivity index (χ0n) is 35.3. The first-order valence-electron chi connectivity index (χ1n) is 23.3. The SMILES string of the molecule is CCCCCCCCCCCCCC(=O)OCCN(CCCNC1CCN(C2CCNCC2)CC1)CCOC(=O)CCCCCCCCCCCCC. The van der Waals surface area contributed by atoms with E-state index in [2.05, 4.69) is 34.3 Å². The molecule has 53 heavy (non-hydrogen) atoms. The number of carbonyl (C=O) groups excluding carboxylic acids is 2. The normalized spacial score (nSPS) is 16.1. The molecule has 2 heterocycles. The summed E-state index contributed by atoms with van der Waals surface area (Å²) in [6.45, 7) is 13.4. The van der Waals surface area contributed by atoms with Gasteiger partial charge in [-0.25, -0.2) is 0 Å². The number of nitrogens with one attached hydrogen (secondary N) is 2. The predicted molar refractivity (Wildman–Crippen MR) is 224 cm³/mol. The van der Waals surface area contributed by atoms with Gasteiger partial charge in [0.15, 0.2) is 0 Å². The third-order valence-electron chi connectivity index (χ3n) is 11.7. The Morgan fingerprint density at radius 2 is 0.981 bits per heavy atom. The van der Waals surface area contributed by atoms with Gasteiger partial charge in [-0.1, -0.05) is 142 Å². The van der Waals surface area contributed by atoms with Gasteiger partial charge >= 0.3 is 11.9 Å². The topological polar surface area (TPSA) is 83.1 Å². The molecule has 2 aliphatic heterocycles. The van der Waals surface area contributed by atoms with E-state index in [1.165, 1.54) is 154 Å². The summed E-state index contributed by atoms with van der Waals surface area (Å²) in [7, 11) is 0. The van der Waals surface area contributed by atoms with Gasteiger partial charge in [0.1, 0.15) is 13.2 Å². The molecule has 2 aliphatic rings. The van der Waals surface area contributed by atoms with Gasteiger partial charge < -0.3 is 25.0 Å². The molecule has 0 saturated carbocycles. The van der Waals surface area contributed by atoms with Crippen LogP contribution in [0.3, 0.4) is 0 Å². The highest BCUT2D eigenvalue weighted by molar-refractivity contribution is 5.69. The Morgan fingerprint density at radius 1 is 0.566 bits per heavy atom. The van der Waals surface area contributed by atoms with Crippen molar-refractivity contribution in [1.29, 1.82) is 0 Å². The number of unbranched alkanes of at least 4 members (excludes halogenated alkanes) is 20. The van der Waals surface area contributed by atoms with Crippen molar-refractivity contribution in [2.75, 3.05) is 65.6 Å². The fourth-order valence-corrected chi connectivity index (χ4v) is 8.17. The van der Waals surface area contributed by atoms with Gasteiger partial charge in [0.25, 0.3) is 0 Å². The molecular formula is C45H88N4O4. The van der Waals surface area contributed by atoms with E-state index in [1.54, 1.807) is 0 Å². The van der Waals surface area contributed by atoms with E-state index in [-0.39, 0.29) is 11.9 Å². The van der Waals surface area contributed by atoms with Gasteiger partial charge in [-0.2, -0.15) is 0 Å². The lowest BCUT2D eigenvalue weighted by molar-refractivity contribution is -0.144. The number of piperidine rings is 2. The Kier molecular flexibility index (Phi) is 31.8. The van der Waals surface area contributed by atoms with Crippen LogP contribution in [0.2, 0.25) is 0 Å². The summed E-state index contributed by atoms with van der Waals surface area (Å²) in [4.78, 5) is 30.0. The molecule has 0 aromatic rings. The first kappa shape index (κ1) is 47.9. The molecule has 0 radical (unpaired) electrons. The van der Waals surface area contributed by atoms with E-state index in [4.69, 9.17) is 9.47 Å². The summed E-state index contributed by atoms with van der Waals surface area (Å²) >= 11 is 0. The van der Waals surface area contributed by atoms with Gasteiger partial charge in [0.05, 0.1) is 0 Å². The lowest BCUT2D eigenvalue weighted by Gasteiger charge is -2.39. The Hall–Kier alpha value is -1.22. The molecular weight excluding hydrogens is 661 g/mol. The van der Waals surface area contributed by atoms with Crippen molar-refractivity contribution in [3.63, 3.8) is 0 Å². The minimum Gasteiger partial charge on any atom is -0.464 e. The third kappa shape index (κ3) is 27.9. The zero-order valence-corrected chi connectivity index (χ0v) is 35.3. The van der Waals surface area contributed by atoms with Crippen molar-refractivity contribution < 1.29 is 19.1 Å². The maximum Gasteiger partial charge on any atom is 0.305 e. The molecule has 312 valence electrons. The van der Waals surface area contributed by atoms with Crippen molar-refractivity contribution in [2.24, 2.45) is 0 Å². The summed E-state index contributed by atoms with van der Waals surface area (Å²) < 4.78 is 11.3. The van der Waals surface area contributed by atoms with E-state index < -0.39 is 0 Å². The van der Waals surface area contributed by atoms with E-state index in [9.17, 15) is 9.59 Å². The number of likely N-dealkylation sites (tertiary alicyclic amines) is 1. The summed E-state index contributed by atoms with van der Waals surface area (Å²) in [5.74, 6) is -0.145. The Bertz CT molecular complexity index is 787.